The van der Waals surface area contributed by atoms with Gasteiger partial charge < -0.3 is 14.8 Å². The van der Waals surface area contributed by atoms with Crippen molar-refractivity contribution in [3.05, 3.63) is 90.0 Å². The number of nitrogens with zero attached hydrogens (tertiary/aromatic N) is 2. The van der Waals surface area contributed by atoms with Crippen molar-refractivity contribution >= 4 is 46.1 Å². The van der Waals surface area contributed by atoms with Crippen LogP contribution in [0.5, 0.6) is 5.75 Å². The molecule has 37 heavy (non-hydrogen) atoms. The van der Waals surface area contributed by atoms with Crippen molar-refractivity contribution < 1.29 is 23.9 Å². The van der Waals surface area contributed by atoms with E-state index in [1.54, 1.807) is 55.3 Å². The fraction of sp³-hybridized carbons (Fsp3) is 0.214. The first-order valence-corrected chi connectivity index (χ1v) is 12.7. The molecule has 0 aromatic heterocycles. The predicted molar refractivity (Wildman–Crippen MR) is 144 cm³/mol. The molecule has 3 aromatic carbocycles. The first kappa shape index (κ1) is 26.0. The molecule has 3 aromatic rings. The van der Waals surface area contributed by atoms with Crippen LogP contribution in [0.25, 0.3) is 0 Å². The SMILES string of the molecule is CCOC(=O)c1ccc(NC(=O)C[C@@H]2SC(=Nc3ccc(OC)cc3)N(Cc3ccccc3)C2=O)cc1. The summed E-state index contributed by atoms with van der Waals surface area (Å²) in [5, 5.41) is 2.73. The Morgan fingerprint density at radius 3 is 2.35 bits per heavy atom. The number of benzene rings is 3. The number of hydrogen-bond donors (Lipinski definition) is 1. The van der Waals surface area contributed by atoms with Gasteiger partial charge in [0.2, 0.25) is 11.8 Å². The normalized spacial score (nSPS) is 16.1. The van der Waals surface area contributed by atoms with E-state index < -0.39 is 11.2 Å². The van der Waals surface area contributed by atoms with Crippen molar-refractivity contribution in [3.8, 4) is 5.75 Å². The van der Waals surface area contributed by atoms with Crippen molar-refractivity contribution in [2.45, 2.75) is 25.1 Å². The minimum Gasteiger partial charge on any atom is -0.497 e. The third kappa shape index (κ3) is 6.77. The Kier molecular flexibility index (Phi) is 8.58. The Morgan fingerprint density at radius 2 is 1.70 bits per heavy atom. The first-order valence-electron chi connectivity index (χ1n) is 11.8. The van der Waals surface area contributed by atoms with Crippen LogP contribution in [0.3, 0.4) is 0 Å². The maximum Gasteiger partial charge on any atom is 0.338 e. The van der Waals surface area contributed by atoms with Gasteiger partial charge in [-0.1, -0.05) is 42.1 Å². The fourth-order valence-electron chi connectivity index (χ4n) is 3.69. The molecule has 1 aliphatic rings. The predicted octanol–water partition coefficient (Wildman–Crippen LogP) is 5.03. The zero-order valence-electron chi connectivity index (χ0n) is 20.5. The summed E-state index contributed by atoms with van der Waals surface area (Å²) in [6.45, 7) is 2.38. The number of carbonyl (C=O) groups excluding carboxylic acids is 3. The Labute approximate surface area is 219 Å². The van der Waals surface area contributed by atoms with Gasteiger partial charge in [-0.25, -0.2) is 9.79 Å². The second-order valence-electron chi connectivity index (χ2n) is 8.16. The summed E-state index contributed by atoms with van der Waals surface area (Å²) in [6, 6.07) is 23.3. The zero-order chi connectivity index (χ0) is 26.2. The Morgan fingerprint density at radius 1 is 1.00 bits per heavy atom. The van der Waals surface area contributed by atoms with E-state index in [-0.39, 0.29) is 24.8 Å². The second-order valence-corrected chi connectivity index (χ2v) is 9.33. The highest BCUT2D eigenvalue weighted by molar-refractivity contribution is 8.15. The van der Waals surface area contributed by atoms with Crippen LogP contribution < -0.4 is 10.1 Å². The molecule has 0 radical (unpaired) electrons. The lowest BCUT2D eigenvalue weighted by Crippen LogP contribution is -2.33. The number of esters is 1. The summed E-state index contributed by atoms with van der Waals surface area (Å²) in [5.41, 5.74) is 2.57. The molecule has 1 atom stereocenters. The van der Waals surface area contributed by atoms with Crippen molar-refractivity contribution in [2.24, 2.45) is 4.99 Å². The third-order valence-corrected chi connectivity index (χ3v) is 6.73. The average molecular weight is 518 g/mol. The van der Waals surface area contributed by atoms with Crippen LogP contribution in [0.15, 0.2) is 83.9 Å². The molecule has 8 nitrogen and oxygen atoms in total. The van der Waals surface area contributed by atoms with Gasteiger partial charge in [0.15, 0.2) is 5.17 Å². The van der Waals surface area contributed by atoms with Gasteiger partial charge in [-0.2, -0.15) is 0 Å². The highest BCUT2D eigenvalue weighted by atomic mass is 32.2. The van der Waals surface area contributed by atoms with Gasteiger partial charge in [0.05, 0.1) is 31.5 Å². The van der Waals surface area contributed by atoms with E-state index in [1.165, 1.54) is 11.8 Å². The summed E-state index contributed by atoms with van der Waals surface area (Å²) in [5.74, 6) is -0.186. The highest BCUT2D eigenvalue weighted by Gasteiger charge is 2.39. The average Bonchev–Trinajstić information content (AvgIpc) is 3.19. The van der Waals surface area contributed by atoms with E-state index in [2.05, 4.69) is 5.32 Å². The topological polar surface area (TPSA) is 97.3 Å². The molecule has 4 rings (SSSR count). The maximum absolute atomic E-state index is 13.4. The van der Waals surface area contributed by atoms with E-state index >= 15 is 0 Å². The maximum atomic E-state index is 13.4. The molecular weight excluding hydrogens is 490 g/mol. The number of ether oxygens (including phenoxy) is 2. The molecule has 0 bridgehead atoms. The van der Waals surface area contributed by atoms with Gasteiger partial charge in [0, 0.05) is 12.1 Å². The summed E-state index contributed by atoms with van der Waals surface area (Å²) >= 11 is 1.27. The zero-order valence-corrected chi connectivity index (χ0v) is 21.4. The van der Waals surface area contributed by atoms with Crippen LogP contribution in [0, 0.1) is 0 Å². The number of aliphatic imine (C=N–C) groups is 1. The quantitative estimate of drug-likeness (QED) is 0.400. The van der Waals surface area contributed by atoms with Crippen molar-refractivity contribution in [1.82, 2.24) is 4.90 Å². The number of amidine groups is 1. The van der Waals surface area contributed by atoms with Crippen LogP contribution in [-0.2, 0) is 20.9 Å². The van der Waals surface area contributed by atoms with E-state index in [9.17, 15) is 14.4 Å². The van der Waals surface area contributed by atoms with Crippen LogP contribution in [0.2, 0.25) is 0 Å². The largest absolute Gasteiger partial charge is 0.497 e. The number of carbonyl (C=O) groups is 3. The highest BCUT2D eigenvalue weighted by Crippen LogP contribution is 2.33. The lowest BCUT2D eigenvalue weighted by Gasteiger charge is -2.16. The number of nitrogens with one attached hydrogen (secondary N) is 1. The van der Waals surface area contributed by atoms with Gasteiger partial charge in [-0.3, -0.25) is 14.5 Å². The van der Waals surface area contributed by atoms with Gasteiger partial charge in [0.1, 0.15) is 11.0 Å². The number of methoxy groups -OCH3 is 1. The molecule has 1 fully saturated rings. The summed E-state index contributed by atoms with van der Waals surface area (Å²) in [7, 11) is 1.60. The Hall–Kier alpha value is -4.11. The van der Waals surface area contributed by atoms with Crippen molar-refractivity contribution in [3.63, 3.8) is 0 Å². The summed E-state index contributed by atoms with van der Waals surface area (Å²) in [4.78, 5) is 44.3. The molecule has 1 aliphatic heterocycles. The number of rotatable bonds is 9. The molecular formula is C28H27N3O5S. The minimum atomic E-state index is -0.612. The van der Waals surface area contributed by atoms with E-state index in [0.717, 1.165) is 5.56 Å². The molecule has 1 heterocycles. The van der Waals surface area contributed by atoms with E-state index in [0.29, 0.717) is 34.4 Å². The molecule has 0 saturated carbocycles. The summed E-state index contributed by atoms with van der Waals surface area (Å²) < 4.78 is 10.2. The van der Waals surface area contributed by atoms with Gasteiger partial charge in [0.25, 0.3) is 0 Å². The summed E-state index contributed by atoms with van der Waals surface area (Å²) in [6.07, 6.45) is -0.0178. The Bertz CT molecular complexity index is 1280. The van der Waals surface area contributed by atoms with Crippen LogP contribution in [0.4, 0.5) is 11.4 Å². The van der Waals surface area contributed by atoms with Crippen molar-refractivity contribution in [2.75, 3.05) is 19.0 Å². The van der Waals surface area contributed by atoms with Crippen LogP contribution in [-0.4, -0.2) is 46.8 Å². The molecule has 0 spiro atoms. The van der Waals surface area contributed by atoms with E-state index in [4.69, 9.17) is 14.5 Å². The molecule has 9 heteroatoms. The van der Waals surface area contributed by atoms with Crippen LogP contribution >= 0.6 is 11.8 Å². The molecule has 190 valence electrons. The van der Waals surface area contributed by atoms with Crippen LogP contribution in [0.1, 0.15) is 29.3 Å². The number of hydrogen-bond acceptors (Lipinski definition) is 7. The number of amides is 2. The number of anilines is 1. The fourth-order valence-corrected chi connectivity index (χ4v) is 4.85. The monoisotopic (exact) mass is 517 g/mol. The number of thioether (sulfide) groups is 1. The standard InChI is InChI=1S/C28H27N3O5S/c1-3-36-27(34)20-9-11-21(12-10-20)29-25(32)17-24-26(33)31(18-19-7-5-4-6-8-19)28(37-24)30-22-13-15-23(35-2)16-14-22/h4-16,24H,3,17-18H2,1-2H3,(H,29,32)/t24-/m0/s1. The van der Waals surface area contributed by atoms with E-state index in [1.807, 2.05) is 42.5 Å². The minimum absolute atomic E-state index is 0.0178. The molecule has 1 saturated heterocycles. The smallest absolute Gasteiger partial charge is 0.338 e. The first-order chi connectivity index (χ1) is 18.0. The van der Waals surface area contributed by atoms with Crippen molar-refractivity contribution in [1.29, 1.82) is 0 Å². The molecule has 2 amide bonds. The Balaban J connectivity index is 1.47. The van der Waals surface area contributed by atoms with Gasteiger partial charge >= 0.3 is 5.97 Å². The van der Waals surface area contributed by atoms with Gasteiger partial charge in [-0.05, 0) is 61.0 Å². The molecule has 0 unspecified atom stereocenters. The third-order valence-electron chi connectivity index (χ3n) is 5.55. The second kappa shape index (κ2) is 12.2. The molecule has 0 aliphatic carbocycles. The molecule has 1 N–H and O–H groups in total. The lowest BCUT2D eigenvalue weighted by molar-refractivity contribution is -0.128. The van der Waals surface area contributed by atoms with Gasteiger partial charge in [-0.15, -0.1) is 0 Å². The lowest BCUT2D eigenvalue weighted by atomic mass is 10.2.